The van der Waals surface area contributed by atoms with Crippen LogP contribution in [0.25, 0.3) is 0 Å². The molecule has 0 bridgehead atoms. The molecule has 2 atom stereocenters. The molecule has 3 saturated heterocycles. The van der Waals surface area contributed by atoms with Gasteiger partial charge in [0.05, 0.1) is 18.3 Å². The van der Waals surface area contributed by atoms with Crippen molar-refractivity contribution >= 4 is 11.9 Å². The molecule has 11 heteroatoms. The van der Waals surface area contributed by atoms with Crippen LogP contribution in [-0.2, 0) is 16.0 Å². The Hall–Kier alpha value is -2.56. The Morgan fingerprint density at radius 1 is 1.19 bits per heavy atom. The molecule has 31 heavy (non-hydrogen) atoms. The monoisotopic (exact) mass is 442 g/mol. The first-order valence-electron chi connectivity index (χ1n) is 10.4. The zero-order valence-electron chi connectivity index (χ0n) is 16.9. The largest absolute Gasteiger partial charge is 0.573 e. The van der Waals surface area contributed by atoms with E-state index in [0.717, 1.165) is 19.0 Å². The van der Waals surface area contributed by atoms with Gasteiger partial charge in [0.1, 0.15) is 12.4 Å². The Kier molecular flexibility index (Phi) is 6.22. The van der Waals surface area contributed by atoms with Gasteiger partial charge in [-0.15, -0.1) is 13.2 Å². The molecule has 3 amide bonds. The Labute approximate surface area is 177 Å². The van der Waals surface area contributed by atoms with Gasteiger partial charge in [-0.2, -0.15) is 0 Å². The number of halogens is 3. The molecule has 4 rings (SSSR count). The third-order valence-corrected chi connectivity index (χ3v) is 6.01. The highest BCUT2D eigenvalue weighted by molar-refractivity contribution is 5.79. The van der Waals surface area contributed by atoms with E-state index in [1.165, 1.54) is 6.07 Å². The summed E-state index contributed by atoms with van der Waals surface area (Å²) in [5.41, 5.74) is 0.703. The molecule has 0 aromatic carbocycles. The van der Waals surface area contributed by atoms with Gasteiger partial charge in [0.2, 0.25) is 5.91 Å². The van der Waals surface area contributed by atoms with Crippen LogP contribution in [0.5, 0.6) is 5.75 Å². The summed E-state index contributed by atoms with van der Waals surface area (Å²) in [5, 5.41) is 2.90. The van der Waals surface area contributed by atoms with Gasteiger partial charge in [0.25, 0.3) is 0 Å². The number of nitrogens with one attached hydrogen (secondary N) is 1. The number of hydrogen-bond acceptors (Lipinski definition) is 5. The third kappa shape index (κ3) is 5.57. The number of pyridine rings is 1. The van der Waals surface area contributed by atoms with Crippen molar-refractivity contribution in [1.29, 1.82) is 0 Å². The number of urea groups is 1. The number of hydrogen-bond donors (Lipinski definition) is 1. The van der Waals surface area contributed by atoms with Gasteiger partial charge in [-0.25, -0.2) is 4.79 Å². The molecule has 8 nitrogen and oxygen atoms in total. The molecule has 0 aliphatic carbocycles. The number of amides is 3. The van der Waals surface area contributed by atoms with Crippen molar-refractivity contribution in [2.24, 2.45) is 5.92 Å². The van der Waals surface area contributed by atoms with Gasteiger partial charge in [-0.3, -0.25) is 9.78 Å². The van der Waals surface area contributed by atoms with Crippen LogP contribution in [0.3, 0.4) is 0 Å². The van der Waals surface area contributed by atoms with Crippen LogP contribution in [-0.4, -0.2) is 78.0 Å². The van der Waals surface area contributed by atoms with Crippen LogP contribution < -0.4 is 10.1 Å². The lowest BCUT2D eigenvalue weighted by molar-refractivity contribution is -0.274. The van der Waals surface area contributed by atoms with Crippen molar-refractivity contribution in [3.8, 4) is 5.75 Å². The summed E-state index contributed by atoms with van der Waals surface area (Å²) in [6.07, 6.45) is -0.736. The van der Waals surface area contributed by atoms with Crippen molar-refractivity contribution in [3.63, 3.8) is 0 Å². The molecule has 3 fully saturated rings. The molecule has 3 aliphatic rings. The number of piperidine rings is 2. The predicted octanol–water partition coefficient (Wildman–Crippen LogP) is 1.94. The molecule has 170 valence electrons. The lowest BCUT2D eigenvalue weighted by atomic mass is 9.92. The zero-order chi connectivity index (χ0) is 22.0. The summed E-state index contributed by atoms with van der Waals surface area (Å²) in [5.74, 6) is -0.175. The molecule has 0 saturated carbocycles. The molecule has 3 aliphatic heterocycles. The summed E-state index contributed by atoms with van der Waals surface area (Å²) in [6.45, 7) is 2.37. The number of likely N-dealkylation sites (tertiary alicyclic amines) is 2. The quantitative estimate of drug-likeness (QED) is 0.774. The SMILES string of the molecule is O=C1CO[C@H]2CCN(C(=O)N3CCC(Cc4ccc(OC(F)(F)F)cn4)CC3)C[C@H]2N1. The van der Waals surface area contributed by atoms with Crippen LogP contribution in [0.4, 0.5) is 18.0 Å². The van der Waals surface area contributed by atoms with Crippen molar-refractivity contribution in [3.05, 3.63) is 24.0 Å². The number of fused-ring (bicyclic) bond motifs is 1. The maximum atomic E-state index is 12.9. The van der Waals surface area contributed by atoms with Gasteiger partial charge in [-0.1, -0.05) is 0 Å². The van der Waals surface area contributed by atoms with E-state index in [4.69, 9.17) is 4.74 Å². The van der Waals surface area contributed by atoms with E-state index in [0.29, 0.717) is 50.6 Å². The Balaban J connectivity index is 1.24. The van der Waals surface area contributed by atoms with E-state index < -0.39 is 6.36 Å². The number of carbonyl (C=O) groups is 2. The van der Waals surface area contributed by atoms with Crippen molar-refractivity contribution in [1.82, 2.24) is 20.1 Å². The van der Waals surface area contributed by atoms with Gasteiger partial charge in [0, 0.05) is 31.9 Å². The van der Waals surface area contributed by atoms with E-state index in [1.807, 2.05) is 4.90 Å². The fraction of sp³-hybridized carbons (Fsp3) is 0.650. The number of carbonyl (C=O) groups excluding carboxylic acids is 2. The highest BCUT2D eigenvalue weighted by atomic mass is 19.4. The number of rotatable bonds is 3. The van der Waals surface area contributed by atoms with Gasteiger partial charge in [0.15, 0.2) is 0 Å². The molecule has 0 spiro atoms. The third-order valence-electron chi connectivity index (χ3n) is 6.01. The average molecular weight is 442 g/mol. The van der Waals surface area contributed by atoms with Gasteiger partial charge < -0.3 is 24.6 Å². The predicted molar refractivity (Wildman–Crippen MR) is 102 cm³/mol. The summed E-state index contributed by atoms with van der Waals surface area (Å²) < 4.78 is 46.1. The van der Waals surface area contributed by atoms with Gasteiger partial charge in [-0.05, 0) is 43.7 Å². The van der Waals surface area contributed by atoms with E-state index in [-0.39, 0.29) is 36.4 Å². The molecule has 0 radical (unpaired) electrons. The lowest BCUT2D eigenvalue weighted by Crippen LogP contribution is -2.62. The molecular formula is C20H25F3N4O4. The van der Waals surface area contributed by atoms with E-state index in [9.17, 15) is 22.8 Å². The normalized spacial score (nSPS) is 25.1. The topological polar surface area (TPSA) is 84.0 Å². The Morgan fingerprint density at radius 3 is 2.61 bits per heavy atom. The minimum Gasteiger partial charge on any atom is -0.404 e. The Morgan fingerprint density at radius 2 is 1.94 bits per heavy atom. The molecule has 1 N–H and O–H groups in total. The smallest absolute Gasteiger partial charge is 0.404 e. The summed E-state index contributed by atoms with van der Waals surface area (Å²) >= 11 is 0. The number of ether oxygens (including phenoxy) is 2. The molecular weight excluding hydrogens is 417 g/mol. The zero-order valence-corrected chi connectivity index (χ0v) is 16.9. The first-order chi connectivity index (χ1) is 14.8. The summed E-state index contributed by atoms with van der Waals surface area (Å²) in [6, 6.07) is 2.63. The number of morpholine rings is 1. The molecule has 1 aromatic rings. The first-order valence-corrected chi connectivity index (χ1v) is 10.4. The first kappa shape index (κ1) is 21.7. The fourth-order valence-electron chi connectivity index (χ4n) is 4.42. The lowest BCUT2D eigenvalue weighted by Gasteiger charge is -2.43. The van der Waals surface area contributed by atoms with Crippen molar-refractivity contribution in [2.75, 3.05) is 32.8 Å². The summed E-state index contributed by atoms with van der Waals surface area (Å²) in [4.78, 5) is 32.1. The van der Waals surface area contributed by atoms with Crippen molar-refractivity contribution in [2.45, 2.75) is 44.2 Å². The van der Waals surface area contributed by atoms with E-state index in [2.05, 4.69) is 15.0 Å². The van der Waals surface area contributed by atoms with Gasteiger partial charge >= 0.3 is 12.4 Å². The fourth-order valence-corrected chi connectivity index (χ4v) is 4.42. The van der Waals surface area contributed by atoms with E-state index >= 15 is 0 Å². The van der Waals surface area contributed by atoms with Crippen molar-refractivity contribution < 1.29 is 32.2 Å². The average Bonchev–Trinajstić information content (AvgIpc) is 2.73. The highest BCUT2D eigenvalue weighted by Crippen LogP contribution is 2.26. The van der Waals surface area contributed by atoms with E-state index in [1.54, 1.807) is 11.0 Å². The number of nitrogens with zero attached hydrogens (tertiary/aromatic N) is 3. The maximum Gasteiger partial charge on any atom is 0.573 e. The molecule has 1 aromatic heterocycles. The minimum absolute atomic E-state index is 0.0245. The number of aromatic nitrogens is 1. The second-order valence-electron chi connectivity index (χ2n) is 8.21. The molecule has 4 heterocycles. The van der Waals surface area contributed by atoms with Crippen LogP contribution in [0.1, 0.15) is 25.0 Å². The second kappa shape index (κ2) is 8.89. The summed E-state index contributed by atoms with van der Waals surface area (Å²) in [7, 11) is 0. The number of alkyl halides is 3. The minimum atomic E-state index is -4.73. The van der Waals surface area contributed by atoms with Crippen LogP contribution in [0.15, 0.2) is 18.3 Å². The maximum absolute atomic E-state index is 12.9. The second-order valence-corrected chi connectivity index (χ2v) is 8.21. The molecule has 0 unspecified atom stereocenters. The Bertz CT molecular complexity index is 797. The highest BCUT2D eigenvalue weighted by Gasteiger charge is 2.38. The van der Waals surface area contributed by atoms with Crippen LogP contribution in [0.2, 0.25) is 0 Å². The van der Waals surface area contributed by atoms with Crippen LogP contribution in [0, 0.1) is 5.92 Å². The van der Waals surface area contributed by atoms with Crippen LogP contribution >= 0.6 is 0 Å². The standard InChI is InChI=1S/C20H25F3N4O4/c21-20(22,23)31-15-2-1-14(24-10-15)9-13-3-6-26(7-4-13)19(29)27-8-5-17-16(11-27)25-18(28)12-30-17/h1-2,10,13,16-17H,3-9,11-12H2,(H,25,28)/t16-,17+/m1/s1.